The number of benzene rings is 2. The highest BCUT2D eigenvalue weighted by Gasteiger charge is 2.36. The average molecular weight is 528 g/mol. The van der Waals surface area contributed by atoms with E-state index in [1.807, 2.05) is 0 Å². The molecule has 200 valence electrons. The van der Waals surface area contributed by atoms with Gasteiger partial charge in [0.05, 0.1) is 49.8 Å². The molecule has 0 fully saturated rings. The molecule has 0 spiro atoms. The average Bonchev–Trinajstić information content (AvgIpc) is 2.79. The third kappa shape index (κ3) is 9.57. The number of hydrogen-bond acceptors (Lipinski definition) is 6. The van der Waals surface area contributed by atoms with Crippen LogP contribution in [0.5, 0.6) is 0 Å². The number of hydrogen-bond donors (Lipinski definition) is 1. The zero-order valence-electron chi connectivity index (χ0n) is 21.5. The van der Waals surface area contributed by atoms with E-state index in [0.29, 0.717) is 32.1 Å². The van der Waals surface area contributed by atoms with Gasteiger partial charge in [0.2, 0.25) is 0 Å². The Bertz CT molecular complexity index is 977. The molecule has 2 aromatic rings. The van der Waals surface area contributed by atoms with Crippen LogP contribution in [0.2, 0.25) is 18.1 Å². The Balaban J connectivity index is 1.70. The van der Waals surface area contributed by atoms with Crippen LogP contribution in [0.1, 0.15) is 36.7 Å². The lowest BCUT2D eigenvalue weighted by molar-refractivity contribution is -0.137. The molecule has 0 saturated carbocycles. The van der Waals surface area contributed by atoms with Crippen molar-refractivity contribution in [2.24, 2.45) is 0 Å². The summed E-state index contributed by atoms with van der Waals surface area (Å²) in [5, 5.41) is 3.02. The van der Waals surface area contributed by atoms with Crippen LogP contribution in [0.15, 0.2) is 48.5 Å². The molecule has 0 bridgehead atoms. The predicted octanol–water partition coefficient (Wildman–Crippen LogP) is 6.66. The van der Waals surface area contributed by atoms with Crippen molar-refractivity contribution in [3.8, 4) is 0 Å². The quantitative estimate of drug-likeness (QED) is 0.179. The van der Waals surface area contributed by atoms with Crippen molar-refractivity contribution in [3.63, 3.8) is 0 Å². The van der Waals surface area contributed by atoms with Crippen LogP contribution in [0, 0.1) is 0 Å². The lowest BCUT2D eigenvalue weighted by Crippen LogP contribution is -2.41. The monoisotopic (exact) mass is 527 g/mol. The smallest absolute Gasteiger partial charge is 0.416 e. The molecular weight excluding hydrogens is 491 g/mol. The molecule has 0 amide bonds. The minimum atomic E-state index is -4.46. The molecule has 10 heteroatoms. The normalized spacial score (nSPS) is 12.4. The van der Waals surface area contributed by atoms with Crippen molar-refractivity contribution in [2.45, 2.75) is 45.1 Å². The Hall–Kier alpha value is -2.40. The summed E-state index contributed by atoms with van der Waals surface area (Å²) in [7, 11) is -1.78. The predicted molar refractivity (Wildman–Crippen MR) is 136 cm³/mol. The first kappa shape index (κ1) is 29.8. The summed E-state index contributed by atoms with van der Waals surface area (Å²) in [6.45, 7) is 13.0. The molecule has 1 N–H and O–H groups in total. The number of alkyl halides is 3. The van der Waals surface area contributed by atoms with E-state index in [1.54, 1.807) is 24.3 Å². The molecule has 0 aliphatic heterocycles. The van der Waals surface area contributed by atoms with E-state index in [9.17, 15) is 18.0 Å². The number of carbonyl (C=O) groups is 1. The van der Waals surface area contributed by atoms with Crippen molar-refractivity contribution in [1.82, 2.24) is 0 Å². The zero-order valence-corrected chi connectivity index (χ0v) is 22.5. The molecule has 2 rings (SSSR count). The van der Waals surface area contributed by atoms with Gasteiger partial charge in [0.15, 0.2) is 8.32 Å². The zero-order chi connectivity index (χ0) is 26.8. The molecule has 0 radical (unpaired) electrons. The van der Waals surface area contributed by atoms with Gasteiger partial charge < -0.3 is 24.0 Å². The van der Waals surface area contributed by atoms with Crippen LogP contribution in [-0.2, 0) is 24.8 Å². The second-order valence-corrected chi connectivity index (χ2v) is 14.5. The van der Waals surface area contributed by atoms with E-state index < -0.39 is 26.0 Å². The number of esters is 1. The molecule has 0 aliphatic rings. The van der Waals surface area contributed by atoms with Gasteiger partial charge in [0.1, 0.15) is 6.61 Å². The molecule has 0 unspecified atom stereocenters. The van der Waals surface area contributed by atoms with Crippen molar-refractivity contribution in [3.05, 3.63) is 59.7 Å². The van der Waals surface area contributed by atoms with Gasteiger partial charge >= 0.3 is 12.1 Å². The fourth-order valence-corrected chi connectivity index (χ4v) is 3.89. The number of rotatable bonds is 13. The summed E-state index contributed by atoms with van der Waals surface area (Å²) >= 11 is 0. The minimum Gasteiger partial charge on any atom is -0.460 e. The topological polar surface area (TPSA) is 66.0 Å². The summed E-state index contributed by atoms with van der Waals surface area (Å²) in [5.74, 6) is -0.604. The molecular formula is C26H36F3NO5Si. The lowest BCUT2D eigenvalue weighted by Gasteiger charge is -2.36. The van der Waals surface area contributed by atoms with E-state index in [2.05, 4.69) is 39.2 Å². The van der Waals surface area contributed by atoms with E-state index in [4.69, 9.17) is 18.6 Å². The fourth-order valence-electron chi connectivity index (χ4n) is 2.86. The van der Waals surface area contributed by atoms with Gasteiger partial charge in [0, 0.05) is 5.69 Å². The van der Waals surface area contributed by atoms with E-state index >= 15 is 0 Å². The Kier molecular flexibility index (Phi) is 11.0. The molecule has 36 heavy (non-hydrogen) atoms. The third-order valence-electron chi connectivity index (χ3n) is 5.95. The Labute approximate surface area is 212 Å². The highest BCUT2D eigenvalue weighted by atomic mass is 28.4. The van der Waals surface area contributed by atoms with Crippen LogP contribution >= 0.6 is 0 Å². The number of nitrogens with one attached hydrogen (secondary N) is 1. The molecule has 0 atom stereocenters. The van der Waals surface area contributed by atoms with Crippen molar-refractivity contribution in [2.75, 3.05) is 45.0 Å². The van der Waals surface area contributed by atoms with Gasteiger partial charge in [-0.1, -0.05) is 39.0 Å². The van der Waals surface area contributed by atoms with Crippen LogP contribution < -0.4 is 5.32 Å². The SMILES string of the molecule is CC(C)(C)[Si](C)(C)OCCOCCOCCOC(=O)c1ccccc1Nc1cccc(C(F)(F)F)c1. The largest absolute Gasteiger partial charge is 0.460 e. The van der Waals surface area contributed by atoms with Gasteiger partial charge in [-0.25, -0.2) is 4.79 Å². The van der Waals surface area contributed by atoms with E-state index in [1.165, 1.54) is 12.1 Å². The maximum Gasteiger partial charge on any atom is 0.416 e. The summed E-state index contributed by atoms with van der Waals surface area (Å²) in [4.78, 5) is 12.5. The van der Waals surface area contributed by atoms with Crippen molar-refractivity contribution < 1.29 is 36.6 Å². The molecule has 0 aliphatic carbocycles. The second kappa shape index (κ2) is 13.2. The van der Waals surface area contributed by atoms with Gasteiger partial charge in [-0.05, 0) is 48.5 Å². The first-order valence-electron chi connectivity index (χ1n) is 11.8. The maximum atomic E-state index is 13.0. The van der Waals surface area contributed by atoms with Gasteiger partial charge in [-0.2, -0.15) is 13.2 Å². The number of halogens is 3. The highest BCUT2D eigenvalue weighted by molar-refractivity contribution is 6.74. The lowest BCUT2D eigenvalue weighted by atomic mass is 10.1. The first-order valence-corrected chi connectivity index (χ1v) is 14.7. The summed E-state index contributed by atoms with van der Waals surface area (Å²) in [5.41, 5.74) is -0.0176. The molecule has 0 heterocycles. The van der Waals surface area contributed by atoms with Crippen LogP contribution in [0.25, 0.3) is 0 Å². The van der Waals surface area contributed by atoms with Gasteiger partial charge in [-0.15, -0.1) is 0 Å². The molecule has 6 nitrogen and oxygen atoms in total. The van der Waals surface area contributed by atoms with E-state index in [0.717, 1.165) is 12.1 Å². The summed E-state index contributed by atoms with van der Waals surface area (Å²) in [6.07, 6.45) is -4.46. The Morgan fingerprint density at radius 1 is 0.861 bits per heavy atom. The number of carbonyl (C=O) groups excluding carboxylic acids is 1. The first-order chi connectivity index (χ1) is 16.8. The summed E-state index contributed by atoms with van der Waals surface area (Å²) < 4.78 is 61.2. The standard InChI is InChI=1S/C26H36F3NO5Si/c1-25(2,3)36(4,5)35-18-16-33-14-13-32-15-17-34-24(31)22-11-6-7-12-23(22)30-21-10-8-9-20(19-21)26(27,28)29/h6-12,19,30H,13-18H2,1-5H3. The number of para-hydroxylation sites is 1. The maximum absolute atomic E-state index is 13.0. The fraction of sp³-hybridized carbons (Fsp3) is 0.500. The third-order valence-corrected chi connectivity index (χ3v) is 10.5. The molecule has 0 aromatic heterocycles. The van der Waals surface area contributed by atoms with Crippen LogP contribution in [0.3, 0.4) is 0 Å². The van der Waals surface area contributed by atoms with E-state index in [-0.39, 0.29) is 29.5 Å². The molecule has 2 aromatic carbocycles. The Morgan fingerprint density at radius 2 is 1.47 bits per heavy atom. The van der Waals surface area contributed by atoms with Crippen LogP contribution in [-0.4, -0.2) is 53.9 Å². The second-order valence-electron chi connectivity index (χ2n) is 9.72. The highest BCUT2D eigenvalue weighted by Crippen LogP contribution is 2.36. The van der Waals surface area contributed by atoms with Crippen molar-refractivity contribution >= 4 is 25.7 Å². The number of anilines is 2. The van der Waals surface area contributed by atoms with Crippen molar-refractivity contribution in [1.29, 1.82) is 0 Å². The van der Waals surface area contributed by atoms with Gasteiger partial charge in [-0.3, -0.25) is 0 Å². The molecule has 0 saturated heterocycles. The Morgan fingerprint density at radius 3 is 2.11 bits per heavy atom. The number of ether oxygens (including phenoxy) is 3. The minimum absolute atomic E-state index is 0.0329. The van der Waals surface area contributed by atoms with Crippen LogP contribution in [0.4, 0.5) is 24.5 Å². The van der Waals surface area contributed by atoms with Gasteiger partial charge in [0.25, 0.3) is 0 Å². The summed E-state index contributed by atoms with van der Waals surface area (Å²) in [6, 6.07) is 11.2.